The molecule has 1 aromatic carbocycles. The molecule has 0 spiro atoms. The normalized spacial score (nSPS) is 20.2. The largest absolute Gasteiger partial charge is 0.299 e. The Morgan fingerprint density at radius 2 is 1.95 bits per heavy atom. The van der Waals surface area contributed by atoms with Gasteiger partial charge in [0.1, 0.15) is 5.54 Å². The lowest BCUT2D eigenvalue weighted by molar-refractivity contribution is 0.152. The monoisotopic (exact) mass is 271 g/mol. The molecule has 0 bridgehead atoms. The number of nitrogens with one attached hydrogen (secondary N) is 1. The summed E-state index contributed by atoms with van der Waals surface area (Å²) in [6.45, 7) is 7.30. The number of nitriles is 1. The minimum absolute atomic E-state index is 0.317. The van der Waals surface area contributed by atoms with Crippen LogP contribution in [0.5, 0.6) is 0 Å². The second-order valence-electron chi connectivity index (χ2n) is 5.91. The Kier molecular flexibility index (Phi) is 5.17. The predicted molar refractivity (Wildman–Crippen MR) is 82.2 cm³/mol. The SMILES string of the molecule is CCC(C)NC1(C#N)CCN(Cc2ccccc2)CC1. The molecule has 0 radical (unpaired) electrons. The maximum Gasteiger partial charge on any atom is 0.109 e. The predicted octanol–water partition coefficient (Wildman–Crippen LogP) is 2.93. The third-order valence-electron chi connectivity index (χ3n) is 4.31. The first-order valence-electron chi connectivity index (χ1n) is 7.63. The molecule has 108 valence electrons. The van der Waals surface area contributed by atoms with Crippen LogP contribution < -0.4 is 5.32 Å². The molecular formula is C17H25N3. The molecule has 3 nitrogen and oxygen atoms in total. The van der Waals surface area contributed by atoms with Gasteiger partial charge in [-0.2, -0.15) is 5.26 Å². The number of benzene rings is 1. The second-order valence-corrected chi connectivity index (χ2v) is 5.91. The van der Waals surface area contributed by atoms with Gasteiger partial charge in [-0.25, -0.2) is 0 Å². The fraction of sp³-hybridized carbons (Fsp3) is 0.588. The number of nitrogens with zero attached hydrogens (tertiary/aromatic N) is 2. The summed E-state index contributed by atoms with van der Waals surface area (Å²) in [6.07, 6.45) is 2.90. The number of hydrogen-bond acceptors (Lipinski definition) is 3. The van der Waals surface area contributed by atoms with Gasteiger partial charge in [-0.15, -0.1) is 0 Å². The zero-order chi connectivity index (χ0) is 14.4. The molecule has 1 unspecified atom stereocenters. The van der Waals surface area contributed by atoms with Gasteiger partial charge < -0.3 is 0 Å². The number of hydrogen-bond donors (Lipinski definition) is 1. The molecule has 1 aliphatic rings. The fourth-order valence-corrected chi connectivity index (χ4v) is 2.80. The van der Waals surface area contributed by atoms with Crippen molar-refractivity contribution in [3.8, 4) is 6.07 Å². The molecule has 1 saturated heterocycles. The van der Waals surface area contributed by atoms with E-state index < -0.39 is 0 Å². The molecule has 0 aliphatic carbocycles. The minimum Gasteiger partial charge on any atom is -0.299 e. The third kappa shape index (κ3) is 3.82. The van der Waals surface area contributed by atoms with Crippen molar-refractivity contribution < 1.29 is 0 Å². The van der Waals surface area contributed by atoms with Crippen molar-refractivity contribution in [2.75, 3.05) is 13.1 Å². The van der Waals surface area contributed by atoms with Gasteiger partial charge >= 0.3 is 0 Å². The molecule has 1 aromatic rings. The summed E-state index contributed by atoms with van der Waals surface area (Å²) >= 11 is 0. The summed E-state index contributed by atoms with van der Waals surface area (Å²) in [5.41, 5.74) is 1.04. The van der Waals surface area contributed by atoms with Crippen LogP contribution in [0.25, 0.3) is 0 Å². The lowest BCUT2D eigenvalue weighted by atomic mass is 9.87. The van der Waals surface area contributed by atoms with Crippen molar-refractivity contribution >= 4 is 0 Å². The topological polar surface area (TPSA) is 39.1 Å². The van der Waals surface area contributed by atoms with E-state index in [9.17, 15) is 5.26 Å². The second kappa shape index (κ2) is 6.88. The van der Waals surface area contributed by atoms with Crippen LogP contribution in [-0.4, -0.2) is 29.6 Å². The average Bonchev–Trinajstić information content (AvgIpc) is 2.50. The zero-order valence-electron chi connectivity index (χ0n) is 12.6. The maximum absolute atomic E-state index is 9.53. The summed E-state index contributed by atoms with van der Waals surface area (Å²) < 4.78 is 0. The van der Waals surface area contributed by atoms with Crippen LogP contribution >= 0.6 is 0 Å². The molecule has 20 heavy (non-hydrogen) atoms. The number of rotatable bonds is 5. The molecule has 3 heteroatoms. The zero-order valence-corrected chi connectivity index (χ0v) is 12.6. The van der Waals surface area contributed by atoms with Gasteiger partial charge in [0.15, 0.2) is 0 Å². The summed E-state index contributed by atoms with van der Waals surface area (Å²) in [7, 11) is 0. The summed E-state index contributed by atoms with van der Waals surface area (Å²) in [5, 5.41) is 13.1. The molecule has 0 saturated carbocycles. The smallest absolute Gasteiger partial charge is 0.109 e. The minimum atomic E-state index is -0.317. The van der Waals surface area contributed by atoms with Crippen LogP contribution in [0, 0.1) is 11.3 Å². The van der Waals surface area contributed by atoms with Gasteiger partial charge in [-0.1, -0.05) is 37.3 Å². The van der Waals surface area contributed by atoms with E-state index in [0.29, 0.717) is 6.04 Å². The van der Waals surface area contributed by atoms with E-state index in [-0.39, 0.29) is 5.54 Å². The van der Waals surface area contributed by atoms with Gasteiger partial charge in [0, 0.05) is 25.7 Å². The van der Waals surface area contributed by atoms with E-state index in [4.69, 9.17) is 0 Å². The number of piperidine rings is 1. The van der Waals surface area contributed by atoms with Gasteiger partial charge in [0.25, 0.3) is 0 Å². The highest BCUT2D eigenvalue weighted by Gasteiger charge is 2.35. The lowest BCUT2D eigenvalue weighted by Gasteiger charge is -2.39. The molecule has 0 amide bonds. The first-order chi connectivity index (χ1) is 9.67. The first-order valence-corrected chi connectivity index (χ1v) is 7.63. The van der Waals surface area contributed by atoms with E-state index >= 15 is 0 Å². The first kappa shape index (κ1) is 15.0. The Morgan fingerprint density at radius 1 is 1.30 bits per heavy atom. The highest BCUT2D eigenvalue weighted by molar-refractivity contribution is 5.15. The van der Waals surface area contributed by atoms with Gasteiger partial charge in [-0.3, -0.25) is 10.2 Å². The van der Waals surface area contributed by atoms with Crippen molar-refractivity contribution in [3.05, 3.63) is 35.9 Å². The van der Waals surface area contributed by atoms with Crippen LogP contribution in [0.3, 0.4) is 0 Å². The molecule has 1 atom stereocenters. The standard InChI is InChI=1S/C17H25N3/c1-3-15(2)19-17(14-18)9-11-20(12-10-17)13-16-7-5-4-6-8-16/h4-8,15,19H,3,9-13H2,1-2H3. The van der Waals surface area contributed by atoms with E-state index in [1.165, 1.54) is 5.56 Å². The summed E-state index contributed by atoms with van der Waals surface area (Å²) in [6, 6.07) is 13.5. The number of likely N-dealkylation sites (tertiary alicyclic amines) is 1. The highest BCUT2D eigenvalue weighted by atomic mass is 15.2. The molecule has 1 fully saturated rings. The fourth-order valence-electron chi connectivity index (χ4n) is 2.80. The van der Waals surface area contributed by atoms with Crippen molar-refractivity contribution in [3.63, 3.8) is 0 Å². The van der Waals surface area contributed by atoms with Crippen LogP contribution in [0.1, 0.15) is 38.7 Å². The van der Waals surface area contributed by atoms with Crippen LogP contribution in [0.4, 0.5) is 0 Å². The Balaban J connectivity index is 1.89. The highest BCUT2D eigenvalue weighted by Crippen LogP contribution is 2.23. The lowest BCUT2D eigenvalue weighted by Crippen LogP contribution is -2.54. The Morgan fingerprint density at radius 3 is 2.50 bits per heavy atom. The molecule has 2 rings (SSSR count). The average molecular weight is 271 g/mol. The Labute approximate surface area is 122 Å². The van der Waals surface area contributed by atoms with Crippen LogP contribution in [-0.2, 0) is 6.54 Å². The van der Waals surface area contributed by atoms with Crippen LogP contribution in [0.15, 0.2) is 30.3 Å². The molecule has 1 aliphatic heterocycles. The summed E-state index contributed by atoms with van der Waals surface area (Å²) in [4.78, 5) is 2.45. The quantitative estimate of drug-likeness (QED) is 0.895. The van der Waals surface area contributed by atoms with Crippen molar-refractivity contribution in [1.29, 1.82) is 5.26 Å². The Hall–Kier alpha value is -1.37. The van der Waals surface area contributed by atoms with E-state index in [0.717, 1.165) is 38.9 Å². The van der Waals surface area contributed by atoms with Gasteiger partial charge in [0.2, 0.25) is 0 Å². The summed E-state index contributed by atoms with van der Waals surface area (Å²) in [5.74, 6) is 0. The molecule has 0 aromatic heterocycles. The van der Waals surface area contributed by atoms with Crippen molar-refractivity contribution in [2.24, 2.45) is 0 Å². The third-order valence-corrected chi connectivity index (χ3v) is 4.31. The van der Waals surface area contributed by atoms with E-state index in [1.54, 1.807) is 0 Å². The van der Waals surface area contributed by atoms with E-state index in [1.807, 2.05) is 0 Å². The van der Waals surface area contributed by atoms with Crippen LogP contribution in [0.2, 0.25) is 0 Å². The molecular weight excluding hydrogens is 246 g/mol. The van der Waals surface area contributed by atoms with Gasteiger partial charge in [0.05, 0.1) is 6.07 Å². The maximum atomic E-state index is 9.53. The van der Waals surface area contributed by atoms with Gasteiger partial charge in [-0.05, 0) is 31.7 Å². The van der Waals surface area contributed by atoms with Crippen molar-refractivity contribution in [1.82, 2.24) is 10.2 Å². The Bertz CT molecular complexity index is 441. The molecule has 1 heterocycles. The van der Waals surface area contributed by atoms with Crippen molar-refractivity contribution in [2.45, 2.75) is 51.2 Å². The molecule has 1 N–H and O–H groups in total. The van der Waals surface area contributed by atoms with E-state index in [2.05, 4.69) is 60.5 Å².